The van der Waals surface area contributed by atoms with Crippen molar-refractivity contribution in [2.45, 2.75) is 13.0 Å². The van der Waals surface area contributed by atoms with Gasteiger partial charge in [-0.1, -0.05) is 11.6 Å². The van der Waals surface area contributed by atoms with Crippen molar-refractivity contribution in [3.05, 3.63) is 32.1 Å². The van der Waals surface area contributed by atoms with Crippen LogP contribution in [0.4, 0.5) is 4.39 Å². The number of carbonyl (C=O) groups excluding carboxylic acids is 1. The van der Waals surface area contributed by atoms with Gasteiger partial charge >= 0.3 is 0 Å². The Morgan fingerprint density at radius 3 is 3.00 bits per heavy atom. The molecule has 6 heteroatoms. The first-order chi connectivity index (χ1) is 8.49. The lowest BCUT2D eigenvalue weighted by molar-refractivity contribution is 0.0709. The lowest BCUT2D eigenvalue weighted by Gasteiger charge is -2.32. The second kappa shape index (κ2) is 5.71. The van der Waals surface area contributed by atoms with Crippen LogP contribution in [-0.2, 0) is 0 Å². The zero-order valence-electron chi connectivity index (χ0n) is 9.84. The molecule has 18 heavy (non-hydrogen) atoms. The van der Waals surface area contributed by atoms with Gasteiger partial charge in [0.2, 0.25) is 0 Å². The predicted octanol–water partition coefficient (Wildman–Crippen LogP) is 2.52. The van der Waals surface area contributed by atoms with Crippen molar-refractivity contribution in [1.29, 1.82) is 0 Å². The fourth-order valence-corrected chi connectivity index (χ4v) is 2.67. The molecule has 1 aliphatic heterocycles. The van der Waals surface area contributed by atoms with E-state index in [0.29, 0.717) is 22.2 Å². The van der Waals surface area contributed by atoms with Crippen molar-refractivity contribution in [3.8, 4) is 0 Å². The van der Waals surface area contributed by atoms with Gasteiger partial charge in [-0.3, -0.25) is 4.79 Å². The normalized spacial score (nSPS) is 20.0. The minimum absolute atomic E-state index is 0.133. The van der Waals surface area contributed by atoms with E-state index >= 15 is 0 Å². The number of benzene rings is 1. The highest BCUT2D eigenvalue weighted by Crippen LogP contribution is 2.23. The molecular weight excluding hydrogens is 370 g/mol. The van der Waals surface area contributed by atoms with Crippen LogP contribution in [0.25, 0.3) is 0 Å². The molecule has 1 N–H and O–H groups in total. The molecule has 1 heterocycles. The highest BCUT2D eigenvalue weighted by Gasteiger charge is 2.24. The van der Waals surface area contributed by atoms with Crippen molar-refractivity contribution in [2.75, 3.05) is 19.6 Å². The Balaban J connectivity index is 2.25. The topological polar surface area (TPSA) is 32.3 Å². The summed E-state index contributed by atoms with van der Waals surface area (Å²) in [6.07, 6.45) is 0. The second-order valence-corrected chi connectivity index (χ2v) is 5.92. The summed E-state index contributed by atoms with van der Waals surface area (Å²) in [7, 11) is 0. The summed E-state index contributed by atoms with van der Waals surface area (Å²) >= 11 is 7.80. The number of hydrogen-bond donors (Lipinski definition) is 1. The molecule has 1 aromatic carbocycles. The second-order valence-electron chi connectivity index (χ2n) is 4.35. The Kier molecular flexibility index (Phi) is 4.45. The first kappa shape index (κ1) is 14.0. The Hall–Kier alpha value is -0.400. The molecule has 3 nitrogen and oxygen atoms in total. The number of rotatable bonds is 1. The lowest BCUT2D eigenvalue weighted by atomic mass is 10.1. The van der Waals surface area contributed by atoms with Crippen molar-refractivity contribution >= 4 is 40.1 Å². The lowest BCUT2D eigenvalue weighted by Crippen LogP contribution is -2.51. The Bertz CT molecular complexity index is 483. The van der Waals surface area contributed by atoms with E-state index in [1.165, 1.54) is 12.1 Å². The number of hydrogen-bond acceptors (Lipinski definition) is 2. The molecule has 1 amide bonds. The average molecular weight is 383 g/mol. The van der Waals surface area contributed by atoms with Crippen LogP contribution in [0.15, 0.2) is 12.1 Å². The third-order valence-electron chi connectivity index (χ3n) is 2.90. The van der Waals surface area contributed by atoms with Crippen LogP contribution in [0.1, 0.15) is 17.3 Å². The summed E-state index contributed by atoms with van der Waals surface area (Å²) in [6, 6.07) is 2.97. The number of piperazine rings is 1. The van der Waals surface area contributed by atoms with Gasteiger partial charge in [-0.05, 0) is 41.6 Å². The monoisotopic (exact) mass is 382 g/mol. The van der Waals surface area contributed by atoms with Gasteiger partial charge in [0, 0.05) is 29.2 Å². The molecule has 1 aliphatic rings. The number of halogens is 3. The van der Waals surface area contributed by atoms with E-state index in [2.05, 4.69) is 5.32 Å². The molecule has 0 radical (unpaired) electrons. The Labute approximate surface area is 124 Å². The molecule has 98 valence electrons. The molecular formula is C12H13ClFIN2O. The van der Waals surface area contributed by atoms with E-state index in [-0.39, 0.29) is 17.0 Å². The van der Waals surface area contributed by atoms with E-state index in [0.717, 1.165) is 6.54 Å². The standard InChI is InChI=1S/C12H13ClFIN2O/c1-7-6-17(3-2-16-7)12(18)8-4-11(15)10(14)5-9(8)13/h4-5,7,16H,2-3,6H2,1H3. The van der Waals surface area contributed by atoms with Gasteiger partial charge in [0.05, 0.1) is 10.6 Å². The van der Waals surface area contributed by atoms with Crippen LogP contribution < -0.4 is 5.32 Å². The molecule has 1 atom stereocenters. The summed E-state index contributed by atoms with van der Waals surface area (Å²) in [6.45, 7) is 4.08. The third kappa shape index (κ3) is 2.95. The van der Waals surface area contributed by atoms with Gasteiger partial charge in [-0.2, -0.15) is 0 Å². The van der Waals surface area contributed by atoms with E-state index in [1.54, 1.807) is 4.90 Å². The first-order valence-electron chi connectivity index (χ1n) is 5.66. The molecule has 0 bridgehead atoms. The molecule has 0 aliphatic carbocycles. The van der Waals surface area contributed by atoms with Crippen molar-refractivity contribution < 1.29 is 9.18 Å². The maximum Gasteiger partial charge on any atom is 0.255 e. The van der Waals surface area contributed by atoms with Gasteiger partial charge in [-0.25, -0.2) is 4.39 Å². The molecule has 0 saturated carbocycles. The molecule has 2 rings (SSSR count). The number of nitrogens with one attached hydrogen (secondary N) is 1. The van der Waals surface area contributed by atoms with E-state index in [9.17, 15) is 9.18 Å². The molecule has 1 aromatic rings. The number of amides is 1. The highest BCUT2D eigenvalue weighted by atomic mass is 127. The maximum absolute atomic E-state index is 13.3. The molecule has 1 saturated heterocycles. The average Bonchev–Trinajstić information content (AvgIpc) is 2.33. The van der Waals surface area contributed by atoms with Crippen LogP contribution in [-0.4, -0.2) is 36.5 Å². The van der Waals surface area contributed by atoms with Gasteiger partial charge < -0.3 is 10.2 Å². The summed E-state index contributed by atoms with van der Waals surface area (Å²) in [5.41, 5.74) is 0.372. The zero-order chi connectivity index (χ0) is 13.3. The zero-order valence-corrected chi connectivity index (χ0v) is 12.8. The summed E-state index contributed by atoms with van der Waals surface area (Å²) in [5, 5.41) is 3.44. The molecule has 1 fully saturated rings. The van der Waals surface area contributed by atoms with Crippen LogP contribution in [0.3, 0.4) is 0 Å². The summed E-state index contributed by atoms with van der Waals surface area (Å²) < 4.78 is 13.7. The van der Waals surface area contributed by atoms with Crippen molar-refractivity contribution in [2.24, 2.45) is 0 Å². The smallest absolute Gasteiger partial charge is 0.255 e. The van der Waals surface area contributed by atoms with Crippen molar-refractivity contribution in [3.63, 3.8) is 0 Å². The fraction of sp³-hybridized carbons (Fsp3) is 0.417. The largest absolute Gasteiger partial charge is 0.336 e. The highest BCUT2D eigenvalue weighted by molar-refractivity contribution is 14.1. The number of carbonyl (C=O) groups is 1. The summed E-state index contributed by atoms with van der Waals surface area (Å²) in [5.74, 6) is -0.530. The first-order valence-corrected chi connectivity index (χ1v) is 7.12. The maximum atomic E-state index is 13.3. The van der Waals surface area contributed by atoms with E-state index in [1.807, 2.05) is 29.5 Å². The quantitative estimate of drug-likeness (QED) is 0.598. The SMILES string of the molecule is CC1CN(C(=O)c2cc(I)c(F)cc2Cl)CCN1. The predicted molar refractivity (Wildman–Crippen MR) is 77.5 cm³/mol. The van der Waals surface area contributed by atoms with E-state index in [4.69, 9.17) is 11.6 Å². The van der Waals surface area contributed by atoms with Gasteiger partial charge in [0.1, 0.15) is 5.82 Å². The van der Waals surface area contributed by atoms with Gasteiger partial charge in [-0.15, -0.1) is 0 Å². The number of nitrogens with zero attached hydrogens (tertiary/aromatic N) is 1. The van der Waals surface area contributed by atoms with Crippen LogP contribution >= 0.6 is 34.2 Å². The minimum atomic E-state index is -0.397. The minimum Gasteiger partial charge on any atom is -0.336 e. The Morgan fingerprint density at radius 2 is 2.33 bits per heavy atom. The third-order valence-corrected chi connectivity index (χ3v) is 4.04. The molecule has 0 spiro atoms. The Morgan fingerprint density at radius 1 is 1.61 bits per heavy atom. The van der Waals surface area contributed by atoms with Crippen molar-refractivity contribution in [1.82, 2.24) is 10.2 Å². The van der Waals surface area contributed by atoms with Crippen LogP contribution in [0, 0.1) is 9.39 Å². The fourth-order valence-electron chi connectivity index (χ4n) is 1.97. The molecule has 1 unspecified atom stereocenters. The van der Waals surface area contributed by atoms with E-state index < -0.39 is 5.82 Å². The van der Waals surface area contributed by atoms with Gasteiger partial charge in [0.15, 0.2) is 0 Å². The van der Waals surface area contributed by atoms with Gasteiger partial charge in [0.25, 0.3) is 5.91 Å². The summed E-state index contributed by atoms with van der Waals surface area (Å²) in [4.78, 5) is 14.1. The van der Waals surface area contributed by atoms with Crippen LogP contribution in [0.5, 0.6) is 0 Å². The molecule has 0 aromatic heterocycles. The van der Waals surface area contributed by atoms with Crippen LogP contribution in [0.2, 0.25) is 5.02 Å².